The summed E-state index contributed by atoms with van der Waals surface area (Å²) in [5.74, 6) is 0. The zero-order chi connectivity index (χ0) is 16.9. The summed E-state index contributed by atoms with van der Waals surface area (Å²) >= 11 is 0. The van der Waals surface area contributed by atoms with Crippen LogP contribution in [0.5, 0.6) is 0 Å². The minimum absolute atomic E-state index is 0.0425. The molecular formula is C20H18F2N2. The summed E-state index contributed by atoms with van der Waals surface area (Å²) in [5, 5.41) is 1.19. The van der Waals surface area contributed by atoms with Crippen molar-refractivity contribution in [3.63, 3.8) is 0 Å². The molecule has 1 heterocycles. The molecule has 0 radical (unpaired) electrons. The maximum Gasteiger partial charge on any atom is 0.263 e. The minimum atomic E-state index is -2.42. The van der Waals surface area contributed by atoms with Crippen LogP contribution >= 0.6 is 0 Å². The first-order valence-corrected chi connectivity index (χ1v) is 7.74. The number of hydrogen-bond donors (Lipinski definition) is 0. The largest absolute Gasteiger partial charge is 0.343 e. The molecule has 0 N–H and O–H groups in total. The van der Waals surface area contributed by atoms with Crippen molar-refractivity contribution in [1.29, 1.82) is 0 Å². The van der Waals surface area contributed by atoms with Gasteiger partial charge in [-0.15, -0.1) is 0 Å². The monoisotopic (exact) mass is 324 g/mol. The van der Waals surface area contributed by atoms with Crippen LogP contribution in [0.15, 0.2) is 65.7 Å². The maximum atomic E-state index is 12.5. The van der Waals surface area contributed by atoms with Crippen LogP contribution < -0.4 is 0 Å². The highest BCUT2D eigenvalue weighted by Gasteiger charge is 2.04. The number of aromatic nitrogens is 1. The van der Waals surface area contributed by atoms with Gasteiger partial charge >= 0.3 is 0 Å². The van der Waals surface area contributed by atoms with Crippen LogP contribution in [0.1, 0.15) is 23.2 Å². The highest BCUT2D eigenvalue weighted by molar-refractivity contribution is 5.90. The Hall–Kier alpha value is -2.75. The molecule has 2 aromatic carbocycles. The summed E-state index contributed by atoms with van der Waals surface area (Å²) in [6.45, 7) is 0.540. The summed E-state index contributed by atoms with van der Waals surface area (Å²) in [7, 11) is 2.02. The molecule has 3 rings (SSSR count). The first kappa shape index (κ1) is 16.1. The van der Waals surface area contributed by atoms with E-state index in [0.29, 0.717) is 6.54 Å². The number of aliphatic imine (C=N–C) groups is 1. The van der Waals surface area contributed by atoms with E-state index >= 15 is 0 Å². The lowest BCUT2D eigenvalue weighted by molar-refractivity contribution is 0.151. The Morgan fingerprint density at radius 3 is 2.54 bits per heavy atom. The van der Waals surface area contributed by atoms with Crippen LogP contribution in [0.2, 0.25) is 0 Å². The number of rotatable bonds is 5. The summed E-state index contributed by atoms with van der Waals surface area (Å²) in [5.41, 5.74) is 3.15. The van der Waals surface area contributed by atoms with E-state index < -0.39 is 6.43 Å². The molecule has 0 bridgehead atoms. The predicted molar refractivity (Wildman–Crippen MR) is 95.8 cm³/mol. The van der Waals surface area contributed by atoms with Gasteiger partial charge in [-0.05, 0) is 17.7 Å². The average molecular weight is 324 g/mol. The Morgan fingerprint density at radius 1 is 1.08 bits per heavy atom. The van der Waals surface area contributed by atoms with Crippen LogP contribution in [0.4, 0.5) is 8.78 Å². The van der Waals surface area contributed by atoms with Crippen molar-refractivity contribution >= 4 is 23.2 Å². The number of alkyl halides is 2. The number of benzene rings is 2. The van der Waals surface area contributed by atoms with E-state index in [4.69, 9.17) is 0 Å². The second-order valence-electron chi connectivity index (χ2n) is 5.55. The third-order valence-electron chi connectivity index (χ3n) is 3.92. The van der Waals surface area contributed by atoms with Crippen LogP contribution in [0, 0.1) is 0 Å². The zero-order valence-corrected chi connectivity index (χ0v) is 13.4. The fourth-order valence-corrected chi connectivity index (χ4v) is 2.58. The summed E-state index contributed by atoms with van der Waals surface area (Å²) in [6, 6.07) is 16.6. The molecule has 0 aliphatic heterocycles. The van der Waals surface area contributed by atoms with E-state index in [-0.39, 0.29) is 5.56 Å². The maximum absolute atomic E-state index is 12.5. The molecule has 1 aromatic heterocycles. The van der Waals surface area contributed by atoms with Crippen molar-refractivity contribution in [3.05, 3.63) is 77.5 Å². The smallest absolute Gasteiger partial charge is 0.263 e. The van der Waals surface area contributed by atoms with Crippen LogP contribution in [0.25, 0.3) is 17.0 Å². The van der Waals surface area contributed by atoms with Gasteiger partial charge in [-0.2, -0.15) is 0 Å². The molecule has 0 saturated carbocycles. The molecule has 0 fully saturated rings. The molecule has 0 spiro atoms. The lowest BCUT2D eigenvalue weighted by atomic mass is 10.1. The lowest BCUT2D eigenvalue weighted by Gasteiger charge is -1.99. The summed E-state index contributed by atoms with van der Waals surface area (Å²) in [6.07, 6.45) is 3.22. The van der Waals surface area contributed by atoms with Crippen LogP contribution in [-0.2, 0) is 7.05 Å². The summed E-state index contributed by atoms with van der Waals surface area (Å²) in [4.78, 5) is 4.41. The third kappa shape index (κ3) is 3.59. The van der Waals surface area contributed by atoms with E-state index in [1.54, 1.807) is 12.1 Å². The molecule has 0 unspecified atom stereocenters. The second-order valence-corrected chi connectivity index (χ2v) is 5.55. The van der Waals surface area contributed by atoms with Crippen LogP contribution in [0.3, 0.4) is 0 Å². The molecule has 0 aliphatic rings. The molecule has 3 aromatic rings. The van der Waals surface area contributed by atoms with E-state index in [1.807, 2.05) is 37.5 Å². The van der Waals surface area contributed by atoms with E-state index in [0.717, 1.165) is 11.3 Å². The Morgan fingerprint density at radius 2 is 1.83 bits per heavy atom. The number of halogens is 2. The van der Waals surface area contributed by atoms with Crippen molar-refractivity contribution in [2.24, 2.45) is 12.0 Å². The number of para-hydroxylation sites is 1. The summed E-state index contributed by atoms with van der Waals surface area (Å²) < 4.78 is 27.1. The van der Waals surface area contributed by atoms with Gasteiger partial charge in [-0.25, -0.2) is 8.78 Å². The second kappa shape index (κ2) is 7.21. The Kier molecular flexibility index (Phi) is 4.85. The van der Waals surface area contributed by atoms with E-state index in [1.165, 1.54) is 23.0 Å². The highest BCUT2D eigenvalue weighted by atomic mass is 19.3. The van der Waals surface area contributed by atoms with E-state index in [2.05, 4.69) is 27.8 Å². The topological polar surface area (TPSA) is 17.3 Å². The zero-order valence-electron chi connectivity index (χ0n) is 13.4. The number of aryl methyl sites for hydroxylation is 1. The Labute approximate surface area is 139 Å². The first-order chi connectivity index (χ1) is 11.6. The van der Waals surface area contributed by atoms with Crippen LogP contribution in [-0.4, -0.2) is 17.3 Å². The normalized spacial score (nSPS) is 12.2. The number of fused-ring (bicyclic) bond motifs is 1. The van der Waals surface area contributed by atoms with Gasteiger partial charge in [0, 0.05) is 29.7 Å². The fraction of sp³-hybridized carbons (Fsp3) is 0.150. The van der Waals surface area contributed by atoms with Crippen molar-refractivity contribution < 1.29 is 8.78 Å². The third-order valence-corrected chi connectivity index (χ3v) is 3.92. The molecule has 2 nitrogen and oxygen atoms in total. The average Bonchev–Trinajstić information content (AvgIpc) is 2.91. The highest BCUT2D eigenvalue weighted by Crippen LogP contribution is 2.19. The number of hydrogen-bond acceptors (Lipinski definition) is 1. The molecule has 4 heteroatoms. The van der Waals surface area contributed by atoms with Crippen molar-refractivity contribution in [1.82, 2.24) is 4.57 Å². The SMILES string of the molecule is Cn1c(C=NC/C=C/c2ccc(C(F)F)cc2)cc2ccccc21. The van der Waals surface area contributed by atoms with Crippen molar-refractivity contribution in [2.75, 3.05) is 6.54 Å². The van der Waals surface area contributed by atoms with Crippen molar-refractivity contribution in [2.45, 2.75) is 6.43 Å². The Balaban J connectivity index is 1.62. The molecular weight excluding hydrogens is 306 g/mol. The van der Waals surface area contributed by atoms with Gasteiger partial charge in [-0.1, -0.05) is 54.6 Å². The van der Waals surface area contributed by atoms with Crippen molar-refractivity contribution in [3.8, 4) is 0 Å². The molecule has 0 saturated heterocycles. The molecule has 0 atom stereocenters. The molecule has 122 valence electrons. The lowest BCUT2D eigenvalue weighted by Crippen LogP contribution is -1.94. The Bertz CT molecular complexity index is 874. The minimum Gasteiger partial charge on any atom is -0.343 e. The molecule has 24 heavy (non-hydrogen) atoms. The quantitative estimate of drug-likeness (QED) is 0.571. The van der Waals surface area contributed by atoms with E-state index in [9.17, 15) is 8.78 Å². The van der Waals surface area contributed by atoms with Gasteiger partial charge in [0.25, 0.3) is 6.43 Å². The van der Waals surface area contributed by atoms with Gasteiger partial charge in [0.2, 0.25) is 0 Å². The predicted octanol–water partition coefficient (Wildman–Crippen LogP) is 5.25. The first-order valence-electron chi connectivity index (χ1n) is 7.74. The van der Waals surface area contributed by atoms with Gasteiger partial charge in [0.1, 0.15) is 0 Å². The van der Waals surface area contributed by atoms with Gasteiger partial charge in [0.05, 0.1) is 12.2 Å². The van der Waals surface area contributed by atoms with Gasteiger partial charge in [-0.3, -0.25) is 4.99 Å². The fourth-order valence-electron chi connectivity index (χ4n) is 2.58. The van der Waals surface area contributed by atoms with Gasteiger partial charge in [0.15, 0.2) is 0 Å². The number of nitrogens with zero attached hydrogens (tertiary/aromatic N) is 2. The molecule has 0 aliphatic carbocycles. The molecule has 0 amide bonds. The van der Waals surface area contributed by atoms with Gasteiger partial charge < -0.3 is 4.57 Å². The standard InChI is InChI=1S/C20H18F2N2/c1-24-18(13-17-6-2-3-7-19(17)24)14-23-12-4-5-15-8-10-16(11-9-15)20(21)22/h2-11,13-14,20H,12H2,1H3/b5-4+,23-14?.